The molecule has 2 aliphatic rings. The van der Waals surface area contributed by atoms with Crippen molar-refractivity contribution in [3.63, 3.8) is 0 Å². The van der Waals surface area contributed by atoms with Gasteiger partial charge in [0.05, 0.1) is 11.9 Å². The van der Waals surface area contributed by atoms with Gasteiger partial charge in [-0.3, -0.25) is 0 Å². The number of pyridine rings is 1. The number of anilines is 1. The minimum atomic E-state index is -4.36. The van der Waals surface area contributed by atoms with Gasteiger partial charge in [-0.25, -0.2) is 4.98 Å². The van der Waals surface area contributed by atoms with Gasteiger partial charge in [-0.1, -0.05) is 0 Å². The number of halogens is 3. The van der Waals surface area contributed by atoms with E-state index in [9.17, 15) is 13.2 Å². The lowest BCUT2D eigenvalue weighted by atomic mass is 9.79. The van der Waals surface area contributed by atoms with Crippen LogP contribution in [-0.2, 0) is 6.18 Å². The number of nitrogens with one attached hydrogen (secondary N) is 1. The molecule has 1 N–H and O–H groups in total. The first kappa shape index (κ1) is 13.7. The van der Waals surface area contributed by atoms with E-state index < -0.39 is 11.9 Å². The monoisotopic (exact) mass is 285 g/mol. The normalized spacial score (nSPS) is 27.2. The summed E-state index contributed by atoms with van der Waals surface area (Å²) in [6.07, 6.45) is 0.423. The van der Waals surface area contributed by atoms with Gasteiger partial charge in [-0.05, 0) is 37.9 Å². The van der Waals surface area contributed by atoms with Gasteiger partial charge in [0.25, 0.3) is 0 Å². The maximum absolute atomic E-state index is 12.5. The van der Waals surface area contributed by atoms with Crippen molar-refractivity contribution in [1.29, 1.82) is 0 Å². The first-order valence-corrected chi connectivity index (χ1v) is 6.98. The van der Waals surface area contributed by atoms with Crippen molar-refractivity contribution in [3.05, 3.63) is 24.0 Å². The lowest BCUT2D eigenvalue weighted by Gasteiger charge is -2.41. The molecule has 0 bridgehead atoms. The van der Waals surface area contributed by atoms with Crippen LogP contribution < -0.4 is 10.2 Å². The average molecular weight is 285 g/mol. The molecule has 0 aliphatic carbocycles. The van der Waals surface area contributed by atoms with Crippen LogP contribution in [0.15, 0.2) is 18.3 Å². The molecule has 1 atom stereocenters. The zero-order valence-corrected chi connectivity index (χ0v) is 11.2. The Morgan fingerprint density at radius 2 is 2.10 bits per heavy atom. The van der Waals surface area contributed by atoms with Gasteiger partial charge in [0.2, 0.25) is 0 Å². The van der Waals surface area contributed by atoms with Crippen LogP contribution in [-0.4, -0.2) is 31.2 Å². The minimum Gasteiger partial charge on any atom is -0.370 e. The molecule has 20 heavy (non-hydrogen) atoms. The van der Waals surface area contributed by atoms with E-state index in [1.807, 2.05) is 0 Å². The summed E-state index contributed by atoms with van der Waals surface area (Å²) in [5.74, 6) is 0. The van der Waals surface area contributed by atoms with Crippen LogP contribution >= 0.6 is 0 Å². The topological polar surface area (TPSA) is 28.2 Å². The summed E-state index contributed by atoms with van der Waals surface area (Å²) in [7, 11) is 0. The van der Waals surface area contributed by atoms with Crippen molar-refractivity contribution < 1.29 is 13.2 Å². The zero-order chi connectivity index (χ0) is 14.2. The van der Waals surface area contributed by atoms with Crippen molar-refractivity contribution in [3.8, 4) is 0 Å². The summed E-state index contributed by atoms with van der Waals surface area (Å²) in [5, 5.41) is 3.39. The van der Waals surface area contributed by atoms with E-state index in [0.717, 1.165) is 50.8 Å². The Morgan fingerprint density at radius 1 is 1.25 bits per heavy atom. The van der Waals surface area contributed by atoms with Gasteiger partial charge in [0.15, 0.2) is 0 Å². The maximum atomic E-state index is 12.5. The lowest BCUT2D eigenvalue weighted by Crippen LogP contribution is -2.44. The summed E-state index contributed by atoms with van der Waals surface area (Å²) in [6, 6.07) is 2.61. The molecule has 0 aromatic carbocycles. The second-order valence-electron chi connectivity index (χ2n) is 5.85. The van der Waals surface area contributed by atoms with Gasteiger partial charge in [0, 0.05) is 25.0 Å². The van der Waals surface area contributed by atoms with E-state index >= 15 is 0 Å². The van der Waals surface area contributed by atoms with Gasteiger partial charge >= 0.3 is 6.18 Å². The average Bonchev–Trinajstić information content (AvgIpc) is 2.86. The predicted molar refractivity (Wildman–Crippen MR) is 70.6 cm³/mol. The fourth-order valence-corrected chi connectivity index (χ4v) is 3.31. The molecule has 0 radical (unpaired) electrons. The Balaban J connectivity index is 1.75. The van der Waals surface area contributed by atoms with E-state index in [2.05, 4.69) is 15.2 Å². The zero-order valence-electron chi connectivity index (χ0n) is 11.2. The number of piperidine rings is 1. The predicted octanol–water partition coefficient (Wildman–Crippen LogP) is 2.68. The molecule has 1 unspecified atom stereocenters. The van der Waals surface area contributed by atoms with E-state index in [-0.39, 0.29) is 0 Å². The van der Waals surface area contributed by atoms with Crippen molar-refractivity contribution in [2.45, 2.75) is 25.4 Å². The third-order valence-electron chi connectivity index (χ3n) is 4.40. The summed E-state index contributed by atoms with van der Waals surface area (Å²) in [4.78, 5) is 5.73. The number of nitrogens with zero attached hydrogens (tertiary/aromatic N) is 2. The van der Waals surface area contributed by atoms with Crippen LogP contribution in [0.4, 0.5) is 18.9 Å². The van der Waals surface area contributed by atoms with Crippen LogP contribution in [0, 0.1) is 5.41 Å². The van der Waals surface area contributed by atoms with Crippen LogP contribution in [0.2, 0.25) is 0 Å². The summed E-state index contributed by atoms with van der Waals surface area (Å²) in [6.45, 7) is 3.86. The number of rotatable bonds is 1. The molecular formula is C14H18F3N3. The molecule has 3 heterocycles. The molecule has 3 rings (SSSR count). The minimum absolute atomic E-state index is 0.293. The Bertz CT molecular complexity index is 464. The van der Waals surface area contributed by atoms with E-state index in [1.165, 1.54) is 18.7 Å². The molecule has 1 aromatic rings. The quantitative estimate of drug-likeness (QED) is 0.860. The van der Waals surface area contributed by atoms with Crippen LogP contribution in [0.25, 0.3) is 0 Å². The highest BCUT2D eigenvalue weighted by Gasteiger charge is 2.38. The lowest BCUT2D eigenvalue weighted by molar-refractivity contribution is -0.141. The number of alkyl halides is 3. The van der Waals surface area contributed by atoms with Crippen molar-refractivity contribution >= 4 is 5.69 Å². The van der Waals surface area contributed by atoms with Crippen LogP contribution in [0.1, 0.15) is 25.0 Å². The van der Waals surface area contributed by atoms with Crippen molar-refractivity contribution in [2.75, 3.05) is 31.1 Å². The molecule has 0 saturated carbocycles. The van der Waals surface area contributed by atoms with Crippen molar-refractivity contribution in [1.82, 2.24) is 10.3 Å². The van der Waals surface area contributed by atoms with Crippen molar-refractivity contribution in [2.24, 2.45) is 5.41 Å². The Hall–Kier alpha value is -1.30. The van der Waals surface area contributed by atoms with Gasteiger partial charge in [0.1, 0.15) is 5.69 Å². The van der Waals surface area contributed by atoms with E-state index in [1.54, 1.807) is 0 Å². The summed E-state index contributed by atoms with van der Waals surface area (Å²) >= 11 is 0. The molecule has 2 aliphatic heterocycles. The fourth-order valence-electron chi connectivity index (χ4n) is 3.31. The Morgan fingerprint density at radius 3 is 2.70 bits per heavy atom. The highest BCUT2D eigenvalue weighted by Crippen LogP contribution is 2.37. The van der Waals surface area contributed by atoms with E-state index in [4.69, 9.17) is 0 Å². The van der Waals surface area contributed by atoms with Gasteiger partial charge in [-0.15, -0.1) is 0 Å². The highest BCUT2D eigenvalue weighted by atomic mass is 19.4. The largest absolute Gasteiger partial charge is 0.433 e. The van der Waals surface area contributed by atoms with Gasteiger partial charge < -0.3 is 10.2 Å². The number of aromatic nitrogens is 1. The molecular weight excluding hydrogens is 267 g/mol. The second kappa shape index (κ2) is 4.91. The molecule has 1 spiro atoms. The summed E-state index contributed by atoms with van der Waals surface area (Å²) in [5.41, 5.74) is 0.264. The van der Waals surface area contributed by atoms with E-state index in [0.29, 0.717) is 5.41 Å². The first-order valence-electron chi connectivity index (χ1n) is 6.98. The first-order chi connectivity index (χ1) is 9.49. The Labute approximate surface area is 116 Å². The smallest absolute Gasteiger partial charge is 0.370 e. The highest BCUT2D eigenvalue weighted by molar-refractivity contribution is 5.45. The number of hydrogen-bond acceptors (Lipinski definition) is 3. The molecule has 6 heteroatoms. The standard InChI is InChI=1S/C14H18F3N3/c15-14(16,17)12-3-2-11(8-19-12)20-7-1-4-13(10-20)5-6-18-9-13/h2-3,8,18H,1,4-7,9-10H2. The van der Waals surface area contributed by atoms with Gasteiger partial charge in [-0.2, -0.15) is 13.2 Å². The number of hydrogen-bond donors (Lipinski definition) is 1. The summed E-state index contributed by atoms with van der Waals surface area (Å²) < 4.78 is 37.6. The molecule has 1 aromatic heterocycles. The molecule has 0 amide bonds. The van der Waals surface area contributed by atoms with Crippen LogP contribution in [0.5, 0.6) is 0 Å². The second-order valence-corrected chi connectivity index (χ2v) is 5.85. The third kappa shape index (κ3) is 2.61. The Kier molecular flexibility index (Phi) is 3.36. The molecule has 2 saturated heterocycles. The molecule has 3 nitrogen and oxygen atoms in total. The maximum Gasteiger partial charge on any atom is 0.433 e. The SMILES string of the molecule is FC(F)(F)c1ccc(N2CCCC3(CCNC3)C2)cn1. The molecule has 110 valence electrons. The fraction of sp³-hybridized carbons (Fsp3) is 0.643. The third-order valence-corrected chi connectivity index (χ3v) is 4.40. The van der Waals surface area contributed by atoms with Crippen LogP contribution in [0.3, 0.4) is 0 Å². The molecule has 2 fully saturated rings.